The van der Waals surface area contributed by atoms with E-state index >= 15 is 0 Å². The summed E-state index contributed by atoms with van der Waals surface area (Å²) in [5.74, 6) is -1.81. The molecule has 1 aliphatic heterocycles. The van der Waals surface area contributed by atoms with Crippen molar-refractivity contribution in [2.24, 2.45) is 5.92 Å². The van der Waals surface area contributed by atoms with Gasteiger partial charge in [0.25, 0.3) is 0 Å². The van der Waals surface area contributed by atoms with Gasteiger partial charge in [0, 0.05) is 28.7 Å². The van der Waals surface area contributed by atoms with E-state index in [0.29, 0.717) is 41.5 Å². The Hall–Kier alpha value is -1.32. The average molecular weight is 525 g/mol. The maximum absolute atomic E-state index is 12.4. The predicted molar refractivity (Wildman–Crippen MR) is 113 cm³/mol. The molecule has 146 valence electrons. The maximum Gasteiger partial charge on any atom is 0.325 e. The largest absolute Gasteiger partial charge is 0.480 e. The van der Waals surface area contributed by atoms with Crippen molar-refractivity contribution in [2.75, 3.05) is 13.1 Å². The number of carbonyl (C=O) groups is 3. The lowest BCUT2D eigenvalue weighted by Gasteiger charge is -2.31. The molecule has 1 atom stereocenters. The lowest BCUT2D eigenvalue weighted by Crippen LogP contribution is -2.46. The van der Waals surface area contributed by atoms with E-state index in [1.54, 1.807) is 17.0 Å². The van der Waals surface area contributed by atoms with Gasteiger partial charge < -0.3 is 15.3 Å². The summed E-state index contributed by atoms with van der Waals surface area (Å²) in [6.07, 6.45) is 4.05. The van der Waals surface area contributed by atoms with E-state index in [4.69, 9.17) is 28.3 Å². The van der Waals surface area contributed by atoms with Gasteiger partial charge in [-0.2, -0.15) is 0 Å². The number of nitrogens with zero attached hydrogens (tertiary/aromatic N) is 1. The van der Waals surface area contributed by atoms with E-state index in [9.17, 15) is 14.4 Å². The fraction of sp³-hybridized carbons (Fsp3) is 0.389. The molecule has 1 aromatic carbocycles. The highest BCUT2D eigenvalue weighted by atomic mass is 127. The number of hydrogen-bond donors (Lipinski definition) is 2. The molecule has 1 fully saturated rings. The van der Waals surface area contributed by atoms with Gasteiger partial charge in [0.05, 0.1) is 10.0 Å². The molecule has 6 nitrogen and oxygen atoms in total. The average Bonchev–Trinajstić information content (AvgIpc) is 2.65. The number of hydrogen-bond acceptors (Lipinski definition) is 3. The number of carbonyl (C=O) groups excluding carboxylic acids is 2. The molecule has 27 heavy (non-hydrogen) atoms. The second-order valence-electron chi connectivity index (χ2n) is 6.27. The van der Waals surface area contributed by atoms with E-state index in [0.717, 1.165) is 3.57 Å². The third-order valence-corrected chi connectivity index (χ3v) is 6.49. The van der Waals surface area contributed by atoms with E-state index in [1.807, 2.05) is 6.07 Å². The zero-order valence-electron chi connectivity index (χ0n) is 14.5. The fourth-order valence-corrected chi connectivity index (χ4v) is 3.70. The van der Waals surface area contributed by atoms with Crippen LogP contribution in [0.5, 0.6) is 0 Å². The van der Waals surface area contributed by atoms with Crippen LogP contribution in [0, 0.1) is 9.49 Å². The number of benzene rings is 1. The summed E-state index contributed by atoms with van der Waals surface area (Å²) < 4.78 is 0.834. The van der Waals surface area contributed by atoms with Crippen molar-refractivity contribution in [1.82, 2.24) is 10.2 Å². The standard InChI is InChI=1S/C18H19Cl2IN2O4/c1-10(18(26)27)22-17(25)12-6-8-23(9-7-12)14(24)5-3-11-2-4-13(21)16(20)15(11)19/h2-5,10,12H,6-9H2,1H3,(H,22,25)(H,26,27)/b5-3+/t10-/m0/s1. The summed E-state index contributed by atoms with van der Waals surface area (Å²) in [5, 5.41) is 12.2. The molecule has 0 radical (unpaired) electrons. The number of likely N-dealkylation sites (tertiary alicyclic amines) is 1. The lowest BCUT2D eigenvalue weighted by molar-refractivity contribution is -0.142. The number of nitrogens with one attached hydrogen (secondary N) is 1. The molecule has 2 N–H and O–H groups in total. The normalized spacial score (nSPS) is 16.4. The molecular formula is C18H19Cl2IN2O4. The minimum Gasteiger partial charge on any atom is -0.480 e. The van der Waals surface area contributed by atoms with Crippen molar-refractivity contribution < 1.29 is 19.5 Å². The minimum absolute atomic E-state index is 0.168. The van der Waals surface area contributed by atoms with E-state index in [1.165, 1.54) is 13.0 Å². The molecule has 1 aliphatic rings. The summed E-state index contributed by atoms with van der Waals surface area (Å²) >= 11 is 14.4. The molecular weight excluding hydrogens is 506 g/mol. The Kier molecular flexibility index (Phi) is 7.93. The Balaban J connectivity index is 1.90. The summed E-state index contributed by atoms with van der Waals surface area (Å²) in [6, 6.07) is 2.69. The molecule has 1 saturated heterocycles. The van der Waals surface area contributed by atoms with Gasteiger partial charge in [-0.15, -0.1) is 0 Å². The maximum atomic E-state index is 12.4. The van der Waals surface area contributed by atoms with Crippen LogP contribution in [0.3, 0.4) is 0 Å². The summed E-state index contributed by atoms with van der Waals surface area (Å²) in [6.45, 7) is 2.29. The highest BCUT2D eigenvalue weighted by Crippen LogP contribution is 2.31. The van der Waals surface area contributed by atoms with E-state index in [2.05, 4.69) is 27.9 Å². The van der Waals surface area contributed by atoms with Crippen molar-refractivity contribution in [2.45, 2.75) is 25.8 Å². The number of carboxylic acids is 1. The first-order chi connectivity index (χ1) is 12.7. The molecule has 0 spiro atoms. The van der Waals surface area contributed by atoms with Crippen LogP contribution in [0.15, 0.2) is 18.2 Å². The Labute approximate surface area is 181 Å². The van der Waals surface area contributed by atoms with Crippen LogP contribution in [0.25, 0.3) is 6.08 Å². The lowest BCUT2D eigenvalue weighted by atomic mass is 9.95. The molecule has 9 heteroatoms. The quantitative estimate of drug-likeness (QED) is 0.351. The molecule has 0 saturated carbocycles. The van der Waals surface area contributed by atoms with Crippen molar-refractivity contribution in [1.29, 1.82) is 0 Å². The molecule has 2 amide bonds. The van der Waals surface area contributed by atoms with Crippen LogP contribution < -0.4 is 5.32 Å². The first kappa shape index (κ1) is 22.0. The number of carboxylic acid groups (broad SMARTS) is 1. The summed E-state index contributed by atoms with van der Waals surface area (Å²) in [7, 11) is 0. The van der Waals surface area contributed by atoms with Crippen LogP contribution in [-0.4, -0.2) is 46.9 Å². The Morgan fingerprint density at radius 1 is 1.26 bits per heavy atom. The van der Waals surface area contributed by atoms with Crippen molar-refractivity contribution >= 4 is 69.7 Å². The van der Waals surface area contributed by atoms with Crippen LogP contribution in [0.2, 0.25) is 10.0 Å². The van der Waals surface area contributed by atoms with Gasteiger partial charge in [0.1, 0.15) is 6.04 Å². The first-order valence-electron chi connectivity index (χ1n) is 8.34. The van der Waals surface area contributed by atoms with E-state index < -0.39 is 12.0 Å². The highest BCUT2D eigenvalue weighted by Gasteiger charge is 2.28. The Bertz CT molecular complexity index is 777. The van der Waals surface area contributed by atoms with Crippen LogP contribution in [0.4, 0.5) is 0 Å². The topological polar surface area (TPSA) is 86.7 Å². The minimum atomic E-state index is -1.07. The van der Waals surface area contributed by atoms with Crippen LogP contribution >= 0.6 is 45.8 Å². The van der Waals surface area contributed by atoms with Gasteiger partial charge in [0.15, 0.2) is 0 Å². The molecule has 0 aromatic heterocycles. The van der Waals surface area contributed by atoms with Crippen molar-refractivity contribution in [3.8, 4) is 0 Å². The number of rotatable bonds is 5. The van der Waals surface area contributed by atoms with Crippen LogP contribution in [0.1, 0.15) is 25.3 Å². The second kappa shape index (κ2) is 9.75. The van der Waals surface area contributed by atoms with Gasteiger partial charge >= 0.3 is 5.97 Å². The number of halogens is 3. The third-order valence-electron chi connectivity index (χ3n) is 4.38. The number of amides is 2. The Morgan fingerprint density at radius 3 is 2.48 bits per heavy atom. The number of aliphatic carboxylic acids is 1. The van der Waals surface area contributed by atoms with Crippen molar-refractivity contribution in [3.05, 3.63) is 37.4 Å². The third kappa shape index (κ3) is 5.83. The molecule has 0 bridgehead atoms. The van der Waals surface area contributed by atoms with Gasteiger partial charge in [-0.25, -0.2) is 0 Å². The van der Waals surface area contributed by atoms with Gasteiger partial charge in [0.2, 0.25) is 11.8 Å². The molecule has 1 heterocycles. The summed E-state index contributed by atoms with van der Waals surface area (Å²) in [4.78, 5) is 36.9. The zero-order valence-corrected chi connectivity index (χ0v) is 18.2. The zero-order chi connectivity index (χ0) is 20.1. The van der Waals surface area contributed by atoms with Crippen molar-refractivity contribution in [3.63, 3.8) is 0 Å². The highest BCUT2D eigenvalue weighted by molar-refractivity contribution is 14.1. The predicted octanol–water partition coefficient (Wildman–Crippen LogP) is 3.44. The molecule has 0 aliphatic carbocycles. The first-order valence-corrected chi connectivity index (χ1v) is 10.2. The van der Waals surface area contributed by atoms with Crippen LogP contribution in [-0.2, 0) is 14.4 Å². The molecule has 0 unspecified atom stereocenters. The fourth-order valence-electron chi connectivity index (χ4n) is 2.69. The molecule has 1 aromatic rings. The van der Waals surface area contributed by atoms with E-state index in [-0.39, 0.29) is 17.7 Å². The molecule has 2 rings (SSSR count). The Morgan fingerprint density at radius 2 is 1.89 bits per heavy atom. The number of piperidine rings is 1. The van der Waals surface area contributed by atoms with Gasteiger partial charge in [-0.05, 0) is 60.1 Å². The van der Waals surface area contributed by atoms with Gasteiger partial charge in [-0.3, -0.25) is 14.4 Å². The monoisotopic (exact) mass is 524 g/mol. The van der Waals surface area contributed by atoms with Gasteiger partial charge in [-0.1, -0.05) is 29.3 Å². The SMILES string of the molecule is C[C@H](NC(=O)C1CCN(C(=O)/C=C/c2ccc(I)c(Cl)c2Cl)CC1)C(=O)O. The second-order valence-corrected chi connectivity index (χ2v) is 8.18. The smallest absolute Gasteiger partial charge is 0.325 e. The summed E-state index contributed by atoms with van der Waals surface area (Å²) in [5.41, 5.74) is 0.660.